The predicted octanol–water partition coefficient (Wildman–Crippen LogP) is 3.63. The number of nitrogens with zero attached hydrogens (tertiary/aromatic N) is 3. The third-order valence-corrected chi connectivity index (χ3v) is 4.76. The third kappa shape index (κ3) is 4.59. The van der Waals surface area contributed by atoms with Gasteiger partial charge >= 0.3 is 0 Å². The monoisotopic (exact) mass is 376 g/mol. The summed E-state index contributed by atoms with van der Waals surface area (Å²) in [4.78, 5) is 10.8. The molecule has 0 bridgehead atoms. The van der Waals surface area contributed by atoms with Gasteiger partial charge in [0.1, 0.15) is 17.5 Å². The molecule has 2 aromatic rings. The molecule has 1 aliphatic heterocycles. The minimum Gasteiger partial charge on any atom is -0.373 e. The standard InChI is InChI=1S/C20H26F2N4O/c1-12-8-23-15(4)20(25-12)24-9-18(19-16(21)6-5-7-17(19)22)26-10-13(2)27-14(3)11-26/h5-8,13-14,18H,9-11H2,1-4H3,(H,24,25). The molecule has 1 saturated heterocycles. The Morgan fingerprint density at radius 2 is 1.81 bits per heavy atom. The van der Waals surface area contributed by atoms with Crippen molar-refractivity contribution >= 4 is 5.82 Å². The Labute approximate surface area is 158 Å². The molecule has 1 aromatic heterocycles. The minimum atomic E-state index is -0.541. The number of hydrogen-bond donors (Lipinski definition) is 1. The van der Waals surface area contributed by atoms with E-state index in [9.17, 15) is 8.78 Å². The van der Waals surface area contributed by atoms with Crippen LogP contribution in [0.15, 0.2) is 24.4 Å². The van der Waals surface area contributed by atoms with Crippen LogP contribution in [0, 0.1) is 25.5 Å². The number of halogens is 2. The molecule has 1 fully saturated rings. The first kappa shape index (κ1) is 19.6. The highest BCUT2D eigenvalue weighted by Gasteiger charge is 2.32. The largest absolute Gasteiger partial charge is 0.373 e. The lowest BCUT2D eigenvalue weighted by Gasteiger charge is -2.40. The van der Waals surface area contributed by atoms with Crippen LogP contribution < -0.4 is 5.32 Å². The molecule has 1 aromatic carbocycles. The molecule has 3 rings (SSSR count). The van der Waals surface area contributed by atoms with E-state index in [1.54, 1.807) is 6.20 Å². The van der Waals surface area contributed by atoms with Crippen LogP contribution >= 0.6 is 0 Å². The van der Waals surface area contributed by atoms with E-state index in [1.807, 2.05) is 27.7 Å². The van der Waals surface area contributed by atoms with Crippen LogP contribution in [0.5, 0.6) is 0 Å². The molecule has 1 aliphatic rings. The third-order valence-electron chi connectivity index (χ3n) is 4.76. The number of morpholine rings is 1. The van der Waals surface area contributed by atoms with Crippen LogP contribution in [-0.2, 0) is 4.74 Å². The number of aryl methyl sites for hydroxylation is 2. The van der Waals surface area contributed by atoms with Crippen molar-refractivity contribution in [1.29, 1.82) is 0 Å². The van der Waals surface area contributed by atoms with Gasteiger partial charge in [-0.15, -0.1) is 0 Å². The van der Waals surface area contributed by atoms with Gasteiger partial charge in [-0.1, -0.05) is 6.07 Å². The fourth-order valence-electron chi connectivity index (χ4n) is 3.61. The summed E-state index contributed by atoms with van der Waals surface area (Å²) in [5, 5.41) is 3.24. The first-order valence-electron chi connectivity index (χ1n) is 9.22. The van der Waals surface area contributed by atoms with Crippen molar-refractivity contribution in [3.8, 4) is 0 Å². The highest BCUT2D eigenvalue weighted by atomic mass is 19.1. The zero-order valence-corrected chi connectivity index (χ0v) is 16.2. The van der Waals surface area contributed by atoms with E-state index in [2.05, 4.69) is 20.2 Å². The number of aromatic nitrogens is 2. The molecule has 0 spiro atoms. The number of rotatable bonds is 5. The van der Waals surface area contributed by atoms with Gasteiger partial charge in [0.05, 0.1) is 29.6 Å². The SMILES string of the molecule is Cc1cnc(C)c(NCC(c2c(F)cccc2F)N2CC(C)OC(C)C2)n1. The van der Waals surface area contributed by atoms with E-state index in [1.165, 1.54) is 18.2 Å². The number of anilines is 1. The summed E-state index contributed by atoms with van der Waals surface area (Å²) in [6.45, 7) is 9.17. The molecule has 3 atom stereocenters. The maximum absolute atomic E-state index is 14.6. The lowest BCUT2D eigenvalue weighted by atomic mass is 10.0. The zero-order valence-electron chi connectivity index (χ0n) is 16.2. The summed E-state index contributed by atoms with van der Waals surface area (Å²) < 4.78 is 34.9. The predicted molar refractivity (Wildman–Crippen MR) is 101 cm³/mol. The van der Waals surface area contributed by atoms with Gasteiger partial charge in [0.2, 0.25) is 0 Å². The average molecular weight is 376 g/mol. The normalized spacial score (nSPS) is 21.9. The van der Waals surface area contributed by atoms with Gasteiger partial charge in [0.25, 0.3) is 0 Å². The molecule has 0 saturated carbocycles. The van der Waals surface area contributed by atoms with Crippen molar-refractivity contribution in [2.24, 2.45) is 0 Å². The van der Waals surface area contributed by atoms with Gasteiger partial charge in [0.15, 0.2) is 0 Å². The number of hydrogen-bond acceptors (Lipinski definition) is 5. The van der Waals surface area contributed by atoms with E-state index in [0.717, 1.165) is 11.4 Å². The molecule has 1 N–H and O–H groups in total. The summed E-state index contributed by atoms with van der Waals surface area (Å²) in [5.74, 6) is -0.451. The molecule has 0 aliphatic carbocycles. The second kappa shape index (κ2) is 8.27. The molecular weight excluding hydrogens is 350 g/mol. The van der Waals surface area contributed by atoms with E-state index in [-0.39, 0.29) is 17.8 Å². The molecule has 146 valence electrons. The van der Waals surface area contributed by atoms with Crippen molar-refractivity contribution in [2.45, 2.75) is 45.9 Å². The van der Waals surface area contributed by atoms with Gasteiger partial charge in [-0.2, -0.15) is 0 Å². The van der Waals surface area contributed by atoms with Gasteiger partial charge in [-0.25, -0.2) is 13.8 Å². The molecule has 7 heteroatoms. The lowest BCUT2D eigenvalue weighted by molar-refractivity contribution is -0.0801. The molecular formula is C20H26F2N4O. The number of ether oxygens (including phenoxy) is 1. The Bertz CT molecular complexity index is 771. The first-order chi connectivity index (χ1) is 12.8. The van der Waals surface area contributed by atoms with Crippen molar-refractivity contribution < 1.29 is 13.5 Å². The smallest absolute Gasteiger partial charge is 0.147 e. The van der Waals surface area contributed by atoms with E-state index in [4.69, 9.17) is 4.74 Å². The van der Waals surface area contributed by atoms with Gasteiger partial charge in [-0.3, -0.25) is 9.88 Å². The Morgan fingerprint density at radius 1 is 1.19 bits per heavy atom. The van der Waals surface area contributed by atoms with E-state index in [0.29, 0.717) is 25.5 Å². The van der Waals surface area contributed by atoms with E-state index < -0.39 is 17.7 Å². The van der Waals surface area contributed by atoms with Crippen molar-refractivity contribution in [3.05, 3.63) is 53.0 Å². The first-order valence-corrected chi connectivity index (χ1v) is 9.22. The summed E-state index contributed by atoms with van der Waals surface area (Å²) >= 11 is 0. The van der Waals surface area contributed by atoms with Crippen molar-refractivity contribution in [1.82, 2.24) is 14.9 Å². The van der Waals surface area contributed by atoms with Crippen LogP contribution in [0.25, 0.3) is 0 Å². The summed E-state index contributed by atoms with van der Waals surface area (Å²) in [6, 6.07) is 3.51. The number of nitrogens with one attached hydrogen (secondary N) is 1. The van der Waals surface area contributed by atoms with Gasteiger partial charge < -0.3 is 10.1 Å². The second-order valence-electron chi connectivity index (χ2n) is 7.19. The highest BCUT2D eigenvalue weighted by Crippen LogP contribution is 2.29. The molecule has 27 heavy (non-hydrogen) atoms. The molecule has 5 nitrogen and oxygen atoms in total. The van der Waals surface area contributed by atoms with Crippen LogP contribution in [0.2, 0.25) is 0 Å². The van der Waals surface area contributed by atoms with Crippen molar-refractivity contribution in [2.75, 3.05) is 25.0 Å². The van der Waals surface area contributed by atoms with Gasteiger partial charge in [-0.05, 0) is 39.8 Å². The Kier molecular flexibility index (Phi) is 6.01. The quantitative estimate of drug-likeness (QED) is 0.864. The molecule has 0 radical (unpaired) electrons. The fourth-order valence-corrected chi connectivity index (χ4v) is 3.61. The fraction of sp³-hybridized carbons (Fsp3) is 0.500. The second-order valence-corrected chi connectivity index (χ2v) is 7.19. The van der Waals surface area contributed by atoms with Crippen LogP contribution in [-0.4, -0.2) is 46.7 Å². The molecule has 2 heterocycles. The maximum Gasteiger partial charge on any atom is 0.147 e. The van der Waals surface area contributed by atoms with Crippen LogP contribution in [0.4, 0.5) is 14.6 Å². The molecule has 0 amide bonds. The zero-order chi connectivity index (χ0) is 19.6. The topological polar surface area (TPSA) is 50.3 Å². The minimum absolute atomic E-state index is 0.00779. The summed E-state index contributed by atoms with van der Waals surface area (Å²) in [6.07, 6.45) is 1.68. The Hall–Kier alpha value is -2.12. The Balaban J connectivity index is 1.91. The Morgan fingerprint density at radius 3 is 2.44 bits per heavy atom. The summed E-state index contributed by atoms with van der Waals surface area (Å²) in [7, 11) is 0. The van der Waals surface area contributed by atoms with Gasteiger partial charge in [0, 0.05) is 31.4 Å². The lowest BCUT2D eigenvalue weighted by Crippen LogP contribution is -2.48. The average Bonchev–Trinajstić information content (AvgIpc) is 2.59. The maximum atomic E-state index is 14.6. The van der Waals surface area contributed by atoms with E-state index >= 15 is 0 Å². The highest BCUT2D eigenvalue weighted by molar-refractivity contribution is 5.40. The van der Waals surface area contributed by atoms with Crippen LogP contribution in [0.3, 0.4) is 0 Å². The summed E-state index contributed by atoms with van der Waals surface area (Å²) in [5.41, 5.74) is 1.60. The van der Waals surface area contributed by atoms with Crippen molar-refractivity contribution in [3.63, 3.8) is 0 Å². The van der Waals surface area contributed by atoms with Crippen LogP contribution in [0.1, 0.15) is 36.8 Å². The number of benzene rings is 1. The molecule has 3 unspecified atom stereocenters.